The van der Waals surface area contributed by atoms with Gasteiger partial charge in [-0.15, -0.1) is 11.3 Å². The van der Waals surface area contributed by atoms with E-state index in [2.05, 4.69) is 205 Å². The van der Waals surface area contributed by atoms with Gasteiger partial charge >= 0.3 is 0 Å². The van der Waals surface area contributed by atoms with E-state index >= 15 is 0 Å². The van der Waals surface area contributed by atoms with Crippen molar-refractivity contribution in [1.82, 2.24) is 0 Å². The maximum Gasteiger partial charge on any atom is 0.0591 e. The van der Waals surface area contributed by atoms with E-state index in [9.17, 15) is 0 Å². The normalized spacial score (nSPS) is 13.6. The van der Waals surface area contributed by atoms with Gasteiger partial charge in [0, 0.05) is 46.9 Å². The molecule has 11 rings (SSSR count). The zero-order chi connectivity index (χ0) is 36.7. The standard InChI is InChI=1S/C52H37NS2/c1-55(2)49-32-31-45-44-16-7-8-20-48(44)54-51(45)50(49)46-18-10-19-47(52(46)55)53(40-27-23-35(24-28-40)39-22-21-34-11-3-4-13-38(34)33-39)41-29-25-37(26-30-41)43-17-9-14-36-12-5-6-15-42(36)43/h3-33H,1-2H3. The first-order chi connectivity index (χ1) is 27.0. The highest BCUT2D eigenvalue weighted by molar-refractivity contribution is 8.33. The number of hydrogen-bond acceptors (Lipinski definition) is 2. The summed E-state index contributed by atoms with van der Waals surface area (Å²) >= 11 is 1.94. The lowest BCUT2D eigenvalue weighted by molar-refractivity contribution is 1.23. The average molecular weight is 740 g/mol. The van der Waals surface area contributed by atoms with Gasteiger partial charge in [-0.3, -0.25) is 0 Å². The van der Waals surface area contributed by atoms with Crippen molar-refractivity contribution in [3.05, 3.63) is 188 Å². The quantitative estimate of drug-likeness (QED) is 0.170. The number of benzene rings is 9. The molecule has 3 heteroatoms. The average Bonchev–Trinajstić information content (AvgIpc) is 3.73. The third-order valence-electron chi connectivity index (χ3n) is 11.5. The molecule has 0 fully saturated rings. The monoisotopic (exact) mass is 739 g/mol. The van der Waals surface area contributed by atoms with Crippen molar-refractivity contribution in [3.8, 4) is 33.4 Å². The van der Waals surface area contributed by atoms with Gasteiger partial charge in [0.1, 0.15) is 0 Å². The molecule has 0 unspecified atom stereocenters. The van der Waals surface area contributed by atoms with Crippen LogP contribution in [0.1, 0.15) is 0 Å². The number of nitrogens with zero attached hydrogens (tertiary/aromatic N) is 1. The van der Waals surface area contributed by atoms with Crippen LogP contribution < -0.4 is 4.90 Å². The van der Waals surface area contributed by atoms with Crippen LogP contribution in [-0.2, 0) is 0 Å². The number of hydrogen-bond donors (Lipinski definition) is 0. The molecule has 1 aromatic heterocycles. The van der Waals surface area contributed by atoms with Crippen LogP contribution in [0.5, 0.6) is 0 Å². The summed E-state index contributed by atoms with van der Waals surface area (Å²) in [5, 5.41) is 7.76. The van der Waals surface area contributed by atoms with Crippen LogP contribution in [0, 0.1) is 0 Å². The molecular weight excluding hydrogens is 703 g/mol. The molecule has 0 aliphatic carbocycles. The Hall–Kier alpha value is -6.13. The van der Waals surface area contributed by atoms with Gasteiger partial charge < -0.3 is 4.90 Å². The van der Waals surface area contributed by atoms with E-state index < -0.39 is 10.0 Å². The SMILES string of the molecule is CS1(C)c2ccc3c(sc4ccccc43)c2-c2cccc(N(c3ccc(-c4ccc5ccccc5c4)cc3)c3ccc(-c4cccc5ccccc45)cc3)c21. The summed E-state index contributed by atoms with van der Waals surface area (Å²) in [4.78, 5) is 5.43. The Labute approximate surface area is 327 Å². The molecular formula is C52H37NS2. The summed E-state index contributed by atoms with van der Waals surface area (Å²) in [5.41, 5.74) is 11.3. The highest BCUT2D eigenvalue weighted by Gasteiger charge is 2.37. The van der Waals surface area contributed by atoms with Crippen LogP contribution in [0.2, 0.25) is 0 Å². The Morgan fingerprint density at radius 2 is 1.05 bits per heavy atom. The Morgan fingerprint density at radius 3 is 1.85 bits per heavy atom. The molecule has 0 saturated heterocycles. The van der Waals surface area contributed by atoms with Crippen molar-refractivity contribution in [3.63, 3.8) is 0 Å². The lowest BCUT2D eigenvalue weighted by Crippen LogP contribution is -2.12. The zero-order valence-corrected chi connectivity index (χ0v) is 32.3. The molecule has 0 amide bonds. The minimum Gasteiger partial charge on any atom is -0.309 e. The summed E-state index contributed by atoms with van der Waals surface area (Å²) in [6.45, 7) is 0. The molecule has 9 aromatic carbocycles. The minimum absolute atomic E-state index is 1.15. The number of thiophene rings is 1. The van der Waals surface area contributed by atoms with Gasteiger partial charge in [0.25, 0.3) is 0 Å². The second-order valence-electron chi connectivity index (χ2n) is 14.9. The third-order valence-corrected chi connectivity index (χ3v) is 15.6. The second-order valence-corrected chi connectivity index (χ2v) is 19.5. The summed E-state index contributed by atoms with van der Waals surface area (Å²) in [5.74, 6) is 0. The van der Waals surface area contributed by atoms with Crippen molar-refractivity contribution < 1.29 is 0 Å². The number of fused-ring (bicyclic) bond motifs is 9. The molecule has 1 aliphatic heterocycles. The van der Waals surface area contributed by atoms with E-state index in [0.717, 1.165) is 11.4 Å². The molecule has 0 bridgehead atoms. The summed E-state index contributed by atoms with van der Waals surface area (Å²) in [6.07, 6.45) is 4.98. The Balaban J connectivity index is 1.09. The van der Waals surface area contributed by atoms with Gasteiger partial charge in [0.15, 0.2) is 0 Å². The van der Waals surface area contributed by atoms with Gasteiger partial charge in [-0.05, 0) is 110 Å². The Kier molecular flexibility index (Phi) is 7.32. The van der Waals surface area contributed by atoms with Gasteiger partial charge in [0.05, 0.1) is 5.69 Å². The van der Waals surface area contributed by atoms with Crippen LogP contribution in [0.4, 0.5) is 17.1 Å². The molecule has 0 saturated carbocycles. The van der Waals surface area contributed by atoms with Crippen LogP contribution >= 0.6 is 21.4 Å². The molecule has 0 radical (unpaired) electrons. The van der Waals surface area contributed by atoms with Gasteiger partial charge in [0.2, 0.25) is 0 Å². The van der Waals surface area contributed by atoms with Crippen LogP contribution in [0.25, 0.3) is 75.1 Å². The molecule has 1 aliphatic rings. The van der Waals surface area contributed by atoms with Crippen molar-refractivity contribution in [2.24, 2.45) is 0 Å². The van der Waals surface area contributed by atoms with E-state index in [4.69, 9.17) is 0 Å². The lowest BCUT2D eigenvalue weighted by Gasteiger charge is -2.35. The molecule has 1 nitrogen and oxygen atoms in total. The smallest absolute Gasteiger partial charge is 0.0591 e. The van der Waals surface area contributed by atoms with Gasteiger partial charge in [-0.2, -0.15) is 10.0 Å². The van der Waals surface area contributed by atoms with E-state index in [0.29, 0.717) is 0 Å². The fourth-order valence-corrected chi connectivity index (χ4v) is 12.9. The number of rotatable bonds is 5. The predicted molar refractivity (Wildman–Crippen MR) is 241 cm³/mol. The topological polar surface area (TPSA) is 3.24 Å². The van der Waals surface area contributed by atoms with Crippen LogP contribution in [0.3, 0.4) is 0 Å². The van der Waals surface area contributed by atoms with E-state index in [1.807, 2.05) is 11.3 Å². The highest BCUT2D eigenvalue weighted by Crippen LogP contribution is 2.71. The number of anilines is 3. The molecule has 0 spiro atoms. The first kappa shape index (κ1) is 32.3. The Morgan fingerprint density at radius 1 is 0.436 bits per heavy atom. The largest absolute Gasteiger partial charge is 0.309 e. The molecule has 0 N–H and O–H groups in total. The van der Waals surface area contributed by atoms with Crippen LogP contribution in [0.15, 0.2) is 198 Å². The lowest BCUT2D eigenvalue weighted by atomic mass is 9.97. The highest BCUT2D eigenvalue weighted by atomic mass is 32.3. The molecule has 0 atom stereocenters. The minimum atomic E-state index is -1.37. The van der Waals surface area contributed by atoms with Gasteiger partial charge in [-0.25, -0.2) is 0 Å². The zero-order valence-electron chi connectivity index (χ0n) is 30.7. The first-order valence-corrected chi connectivity index (χ1v) is 22.1. The van der Waals surface area contributed by atoms with E-state index in [1.165, 1.54) is 90.6 Å². The van der Waals surface area contributed by atoms with Crippen LogP contribution in [-0.4, -0.2) is 12.5 Å². The summed E-state index contributed by atoms with van der Waals surface area (Å²) in [7, 11) is -1.37. The fraction of sp³-hybridized carbons (Fsp3) is 0.0385. The molecule has 10 aromatic rings. The van der Waals surface area contributed by atoms with Crippen molar-refractivity contribution in [2.45, 2.75) is 9.79 Å². The second kappa shape index (κ2) is 12.5. The first-order valence-electron chi connectivity index (χ1n) is 18.8. The Bertz CT molecular complexity index is 3110. The summed E-state index contributed by atoms with van der Waals surface area (Å²) in [6, 6.07) is 69.7. The van der Waals surface area contributed by atoms with Crippen molar-refractivity contribution in [1.29, 1.82) is 0 Å². The fourth-order valence-electron chi connectivity index (χ4n) is 8.86. The van der Waals surface area contributed by atoms with Crippen molar-refractivity contribution >= 4 is 80.1 Å². The maximum atomic E-state index is 2.50. The van der Waals surface area contributed by atoms with E-state index in [1.54, 1.807) is 0 Å². The molecule has 262 valence electrons. The van der Waals surface area contributed by atoms with Gasteiger partial charge in [-0.1, -0.05) is 140 Å². The van der Waals surface area contributed by atoms with E-state index in [-0.39, 0.29) is 0 Å². The summed E-state index contributed by atoms with van der Waals surface area (Å²) < 4.78 is 2.75. The maximum absolute atomic E-state index is 2.50. The van der Waals surface area contributed by atoms with Crippen molar-refractivity contribution in [2.75, 3.05) is 17.4 Å². The molecule has 55 heavy (non-hydrogen) atoms. The third kappa shape index (κ3) is 5.08. The molecule has 2 heterocycles. The predicted octanol–water partition coefficient (Wildman–Crippen LogP) is 15.6.